The van der Waals surface area contributed by atoms with E-state index in [1.54, 1.807) is 11.8 Å². The number of hydrogen-bond donors (Lipinski definition) is 1. The maximum absolute atomic E-state index is 13.3. The fraction of sp³-hybridized carbons (Fsp3) is 0.391. The summed E-state index contributed by atoms with van der Waals surface area (Å²) in [6.07, 6.45) is 4.23. The van der Waals surface area contributed by atoms with Crippen LogP contribution in [0.3, 0.4) is 0 Å². The highest BCUT2D eigenvalue weighted by atomic mass is 32.2. The van der Waals surface area contributed by atoms with Gasteiger partial charge in [-0.1, -0.05) is 48.5 Å². The Balaban J connectivity index is 1.63. The summed E-state index contributed by atoms with van der Waals surface area (Å²) in [5.41, 5.74) is 0.980. The third-order valence-corrected chi connectivity index (χ3v) is 8.44. The second kappa shape index (κ2) is 10.1. The second-order valence-electron chi connectivity index (χ2n) is 8.01. The molecule has 1 fully saturated rings. The van der Waals surface area contributed by atoms with Crippen molar-refractivity contribution in [2.75, 3.05) is 5.75 Å². The Kier molecular flexibility index (Phi) is 7.27. The minimum Gasteiger partial charge on any atom is -0.305 e. The minimum absolute atomic E-state index is 0.0131. The van der Waals surface area contributed by atoms with Gasteiger partial charge in [0.1, 0.15) is 5.82 Å². The van der Waals surface area contributed by atoms with E-state index >= 15 is 0 Å². The second-order valence-corrected chi connectivity index (χ2v) is 10.7. The standard InChI is InChI=1S/C23H27FN4O2S2/c1-2-28-22(25-26-23(28)31-16-18-9-6-10-18)21(15-17-7-4-3-5-8-17)27-32(29,30)20-13-11-19(24)12-14-20/h3-5,7-8,11-14,18,21,27H,2,6,9-10,15-16H2,1H3/t21-/m1/s1. The maximum atomic E-state index is 13.3. The van der Waals surface area contributed by atoms with Gasteiger partial charge in [0, 0.05) is 12.3 Å². The molecule has 0 bridgehead atoms. The van der Waals surface area contributed by atoms with Gasteiger partial charge >= 0.3 is 0 Å². The molecule has 0 unspecified atom stereocenters. The predicted molar refractivity (Wildman–Crippen MR) is 123 cm³/mol. The van der Waals surface area contributed by atoms with Gasteiger partial charge in [0.25, 0.3) is 0 Å². The molecule has 170 valence electrons. The molecule has 0 aliphatic heterocycles. The van der Waals surface area contributed by atoms with Crippen molar-refractivity contribution >= 4 is 21.8 Å². The van der Waals surface area contributed by atoms with E-state index in [0.29, 0.717) is 18.8 Å². The summed E-state index contributed by atoms with van der Waals surface area (Å²) < 4.78 is 44.3. The minimum atomic E-state index is -3.89. The molecule has 6 nitrogen and oxygen atoms in total. The van der Waals surface area contributed by atoms with Gasteiger partial charge in [-0.25, -0.2) is 17.5 Å². The molecule has 3 aromatic rings. The summed E-state index contributed by atoms with van der Waals surface area (Å²) in [5, 5.41) is 9.60. The molecule has 0 spiro atoms. The summed E-state index contributed by atoms with van der Waals surface area (Å²) >= 11 is 1.69. The Labute approximate surface area is 192 Å². The third-order valence-electron chi connectivity index (χ3n) is 5.75. The molecule has 4 rings (SSSR count). The highest BCUT2D eigenvalue weighted by Gasteiger charge is 2.28. The number of thioether (sulfide) groups is 1. The van der Waals surface area contributed by atoms with E-state index in [1.807, 2.05) is 41.8 Å². The molecular formula is C23H27FN4O2S2. The van der Waals surface area contributed by atoms with Crippen LogP contribution in [0.25, 0.3) is 0 Å². The van der Waals surface area contributed by atoms with E-state index in [0.717, 1.165) is 34.5 Å². The molecule has 32 heavy (non-hydrogen) atoms. The lowest BCUT2D eigenvalue weighted by molar-refractivity contribution is 0.353. The van der Waals surface area contributed by atoms with Gasteiger partial charge in [-0.2, -0.15) is 0 Å². The third kappa shape index (κ3) is 5.39. The van der Waals surface area contributed by atoms with Gasteiger partial charge in [0.05, 0.1) is 10.9 Å². The van der Waals surface area contributed by atoms with Crippen molar-refractivity contribution in [2.24, 2.45) is 5.92 Å². The van der Waals surface area contributed by atoms with Gasteiger partial charge in [-0.05, 0) is 61.9 Å². The molecule has 1 N–H and O–H groups in total. The first-order valence-electron chi connectivity index (χ1n) is 10.8. The number of rotatable bonds is 10. The SMILES string of the molecule is CCn1c(SCC2CCC2)nnc1[C@@H](Cc1ccccc1)NS(=O)(=O)c1ccc(F)cc1. The molecule has 1 aromatic heterocycles. The first-order chi connectivity index (χ1) is 15.5. The summed E-state index contributed by atoms with van der Waals surface area (Å²) in [4.78, 5) is 0.0131. The van der Waals surface area contributed by atoms with Crippen LogP contribution in [0.2, 0.25) is 0 Å². The van der Waals surface area contributed by atoms with E-state index < -0.39 is 21.9 Å². The lowest BCUT2D eigenvalue weighted by Crippen LogP contribution is -2.32. The van der Waals surface area contributed by atoms with E-state index in [2.05, 4.69) is 14.9 Å². The van der Waals surface area contributed by atoms with Crippen molar-refractivity contribution in [3.63, 3.8) is 0 Å². The number of nitrogens with zero attached hydrogens (tertiary/aromatic N) is 3. The Morgan fingerprint density at radius 2 is 1.84 bits per heavy atom. The molecule has 1 atom stereocenters. The maximum Gasteiger partial charge on any atom is 0.241 e. The van der Waals surface area contributed by atoms with Gasteiger partial charge in [0.2, 0.25) is 10.0 Å². The molecule has 1 saturated carbocycles. The number of sulfonamides is 1. The summed E-state index contributed by atoms with van der Waals surface area (Å²) in [6, 6.07) is 13.9. The van der Waals surface area contributed by atoms with Crippen molar-refractivity contribution in [2.45, 2.75) is 55.2 Å². The molecule has 0 radical (unpaired) electrons. The highest BCUT2D eigenvalue weighted by Crippen LogP contribution is 2.33. The zero-order valence-corrected chi connectivity index (χ0v) is 19.6. The van der Waals surface area contributed by atoms with Crippen molar-refractivity contribution in [1.29, 1.82) is 0 Å². The number of benzene rings is 2. The first-order valence-corrected chi connectivity index (χ1v) is 13.3. The zero-order valence-electron chi connectivity index (χ0n) is 17.9. The first kappa shape index (κ1) is 22.9. The smallest absolute Gasteiger partial charge is 0.241 e. The highest BCUT2D eigenvalue weighted by molar-refractivity contribution is 7.99. The van der Waals surface area contributed by atoms with Crippen LogP contribution in [0, 0.1) is 11.7 Å². The Morgan fingerprint density at radius 1 is 1.12 bits per heavy atom. The molecule has 0 amide bonds. The van der Waals surface area contributed by atoms with E-state index in [-0.39, 0.29) is 4.90 Å². The molecular weight excluding hydrogens is 447 g/mol. The quantitative estimate of drug-likeness (QED) is 0.435. The predicted octanol–water partition coefficient (Wildman–Crippen LogP) is 4.59. The Hall–Kier alpha value is -2.23. The molecule has 1 aliphatic rings. The van der Waals surface area contributed by atoms with Gasteiger partial charge in [-0.15, -0.1) is 10.2 Å². The van der Waals surface area contributed by atoms with Crippen LogP contribution in [0.4, 0.5) is 4.39 Å². The van der Waals surface area contributed by atoms with Crippen LogP contribution in [0.5, 0.6) is 0 Å². The lowest BCUT2D eigenvalue weighted by atomic mass is 9.87. The topological polar surface area (TPSA) is 76.9 Å². The Morgan fingerprint density at radius 3 is 2.47 bits per heavy atom. The average Bonchev–Trinajstić information content (AvgIpc) is 3.16. The Bertz CT molecular complexity index is 1130. The van der Waals surface area contributed by atoms with E-state index in [4.69, 9.17) is 0 Å². The molecule has 2 aromatic carbocycles. The summed E-state index contributed by atoms with van der Waals surface area (Å²) in [7, 11) is -3.89. The van der Waals surface area contributed by atoms with Crippen LogP contribution in [0.15, 0.2) is 64.6 Å². The van der Waals surface area contributed by atoms with Crippen LogP contribution in [-0.2, 0) is 23.0 Å². The van der Waals surface area contributed by atoms with Crippen molar-refractivity contribution in [3.05, 3.63) is 71.8 Å². The van der Waals surface area contributed by atoms with Crippen molar-refractivity contribution in [3.8, 4) is 0 Å². The van der Waals surface area contributed by atoms with Gasteiger partial charge < -0.3 is 4.57 Å². The fourth-order valence-corrected chi connectivity index (χ4v) is 6.11. The number of nitrogens with one attached hydrogen (secondary N) is 1. The van der Waals surface area contributed by atoms with Gasteiger partial charge in [0.15, 0.2) is 11.0 Å². The molecule has 0 saturated heterocycles. The fourth-order valence-electron chi connectivity index (χ4n) is 3.72. The monoisotopic (exact) mass is 474 g/mol. The zero-order chi connectivity index (χ0) is 22.6. The lowest BCUT2D eigenvalue weighted by Gasteiger charge is -2.24. The van der Waals surface area contributed by atoms with Crippen molar-refractivity contribution < 1.29 is 12.8 Å². The number of aromatic nitrogens is 3. The van der Waals surface area contributed by atoms with Crippen LogP contribution in [-0.4, -0.2) is 28.9 Å². The molecule has 1 aliphatic carbocycles. The normalized spacial score (nSPS) is 15.4. The van der Waals surface area contributed by atoms with E-state index in [9.17, 15) is 12.8 Å². The largest absolute Gasteiger partial charge is 0.305 e. The van der Waals surface area contributed by atoms with Crippen LogP contribution in [0.1, 0.15) is 43.6 Å². The summed E-state index contributed by atoms with van der Waals surface area (Å²) in [6.45, 7) is 2.65. The van der Waals surface area contributed by atoms with Crippen LogP contribution >= 0.6 is 11.8 Å². The molecule has 1 heterocycles. The summed E-state index contributed by atoms with van der Waals surface area (Å²) in [5.74, 6) is 1.83. The molecule has 9 heteroatoms. The number of halogens is 1. The number of hydrogen-bond acceptors (Lipinski definition) is 5. The van der Waals surface area contributed by atoms with Crippen molar-refractivity contribution in [1.82, 2.24) is 19.5 Å². The van der Waals surface area contributed by atoms with Gasteiger partial charge in [-0.3, -0.25) is 0 Å². The average molecular weight is 475 g/mol. The van der Waals surface area contributed by atoms with E-state index in [1.165, 1.54) is 31.4 Å². The van der Waals surface area contributed by atoms with Crippen LogP contribution < -0.4 is 4.72 Å².